The van der Waals surface area contributed by atoms with Crippen LogP contribution in [0.4, 0.5) is 0 Å². The number of carbonyl (C=O) groups excluding carboxylic acids is 3. The zero-order valence-electron chi connectivity index (χ0n) is 23.4. The lowest BCUT2D eigenvalue weighted by Crippen LogP contribution is -2.51. The number of hydrogen-bond acceptors (Lipinski definition) is 4. The molecule has 0 bridgehead atoms. The number of benzene rings is 1. The van der Waals surface area contributed by atoms with Crippen LogP contribution in [0.1, 0.15) is 102 Å². The first-order valence-electron chi connectivity index (χ1n) is 15.2. The minimum Gasteiger partial charge on any atom is -0.458 e. The van der Waals surface area contributed by atoms with Gasteiger partial charge in [-0.05, 0) is 105 Å². The fraction of sp³-hybridized carbons (Fsp3) is 0.676. The number of esters is 1. The van der Waals surface area contributed by atoms with Crippen molar-refractivity contribution in [2.24, 2.45) is 46.3 Å². The van der Waals surface area contributed by atoms with Gasteiger partial charge in [0, 0.05) is 24.7 Å². The smallest absolute Gasteiger partial charge is 0.338 e. The van der Waals surface area contributed by atoms with Gasteiger partial charge in [0.25, 0.3) is 0 Å². The molecule has 0 saturated heterocycles. The van der Waals surface area contributed by atoms with Crippen molar-refractivity contribution in [3.05, 3.63) is 47.5 Å². The molecular formula is C34H44O4. The Morgan fingerprint density at radius 1 is 0.947 bits per heavy atom. The standard InChI is InChI=1S/C34H44O4/c1-21(35)31-27(25-11-7-8-12-30(25)36)20-29-26-14-13-23-19-24(38-32(37)22-9-5-4-6-10-22)15-17-33(23,2)28(26)16-18-34(29,31)3/h4-6,9-10,13,24-29,31H,7-8,11-12,14-20H2,1-3H3/t24-,25?,26+,27-,28-,29-,31-,33-,34-/m0/s1. The number of fused-ring (bicyclic) bond motifs is 5. The molecule has 0 heterocycles. The van der Waals surface area contributed by atoms with Gasteiger partial charge in [-0.1, -0.05) is 50.1 Å². The summed E-state index contributed by atoms with van der Waals surface area (Å²) in [6.45, 7) is 6.66. The molecule has 5 aliphatic rings. The van der Waals surface area contributed by atoms with E-state index in [0.29, 0.717) is 41.3 Å². The maximum Gasteiger partial charge on any atom is 0.338 e. The summed E-state index contributed by atoms with van der Waals surface area (Å²) in [6, 6.07) is 9.32. The fourth-order valence-electron chi connectivity index (χ4n) is 10.2. The van der Waals surface area contributed by atoms with Crippen LogP contribution in [0, 0.1) is 46.3 Å². The highest BCUT2D eigenvalue weighted by molar-refractivity contribution is 5.89. The number of rotatable bonds is 4. The maximum absolute atomic E-state index is 13.2. The summed E-state index contributed by atoms with van der Waals surface area (Å²) in [6.07, 6.45) is 13.4. The van der Waals surface area contributed by atoms with Gasteiger partial charge in [0.1, 0.15) is 17.7 Å². The third-order valence-electron chi connectivity index (χ3n) is 12.0. The van der Waals surface area contributed by atoms with E-state index in [-0.39, 0.29) is 40.7 Å². The summed E-state index contributed by atoms with van der Waals surface area (Å²) >= 11 is 0. The van der Waals surface area contributed by atoms with Gasteiger partial charge in [-0.15, -0.1) is 0 Å². The number of Topliss-reactive ketones (excluding diaryl/α,β-unsaturated/α-hetero) is 2. The molecule has 9 atom stereocenters. The van der Waals surface area contributed by atoms with E-state index in [9.17, 15) is 14.4 Å². The molecule has 4 fully saturated rings. The molecule has 0 aromatic heterocycles. The van der Waals surface area contributed by atoms with Gasteiger partial charge >= 0.3 is 5.97 Å². The van der Waals surface area contributed by atoms with Crippen LogP contribution in [0.3, 0.4) is 0 Å². The van der Waals surface area contributed by atoms with E-state index in [1.807, 2.05) is 30.3 Å². The van der Waals surface area contributed by atoms with Gasteiger partial charge < -0.3 is 4.74 Å². The second kappa shape index (κ2) is 9.75. The Morgan fingerprint density at radius 2 is 1.74 bits per heavy atom. The van der Waals surface area contributed by atoms with Crippen LogP contribution < -0.4 is 0 Å². The number of ether oxygens (including phenoxy) is 1. The first-order valence-corrected chi connectivity index (χ1v) is 15.2. The first kappa shape index (κ1) is 26.0. The van der Waals surface area contributed by atoms with Crippen LogP contribution in [0.15, 0.2) is 42.0 Å². The molecule has 0 N–H and O–H groups in total. The van der Waals surface area contributed by atoms with E-state index < -0.39 is 0 Å². The zero-order chi connectivity index (χ0) is 26.7. The average molecular weight is 517 g/mol. The van der Waals surface area contributed by atoms with Gasteiger partial charge in [-0.3, -0.25) is 9.59 Å². The minimum atomic E-state index is -0.216. The molecule has 1 aromatic carbocycles. The van der Waals surface area contributed by atoms with Crippen molar-refractivity contribution in [2.75, 3.05) is 0 Å². The summed E-state index contributed by atoms with van der Waals surface area (Å²) in [5.74, 6) is 2.59. The lowest BCUT2D eigenvalue weighted by molar-refractivity contribution is -0.133. The molecule has 1 unspecified atom stereocenters. The third kappa shape index (κ3) is 4.12. The van der Waals surface area contributed by atoms with Crippen LogP contribution in [-0.2, 0) is 14.3 Å². The summed E-state index contributed by atoms with van der Waals surface area (Å²) in [4.78, 5) is 38.9. The van der Waals surface area contributed by atoms with Crippen molar-refractivity contribution in [2.45, 2.75) is 97.5 Å². The van der Waals surface area contributed by atoms with Crippen LogP contribution in [0.2, 0.25) is 0 Å². The Morgan fingerprint density at radius 3 is 2.47 bits per heavy atom. The summed E-state index contributed by atoms with van der Waals surface area (Å²) in [7, 11) is 0. The summed E-state index contributed by atoms with van der Waals surface area (Å²) in [5.41, 5.74) is 2.26. The molecular weight excluding hydrogens is 472 g/mol. The van der Waals surface area contributed by atoms with Crippen LogP contribution in [0.25, 0.3) is 0 Å². The lowest BCUT2D eigenvalue weighted by Gasteiger charge is -2.58. The van der Waals surface area contributed by atoms with Crippen molar-refractivity contribution in [3.8, 4) is 0 Å². The van der Waals surface area contributed by atoms with Crippen molar-refractivity contribution < 1.29 is 19.1 Å². The molecule has 0 aliphatic heterocycles. The van der Waals surface area contributed by atoms with Crippen molar-refractivity contribution in [3.63, 3.8) is 0 Å². The molecule has 6 rings (SSSR count). The molecule has 204 valence electrons. The van der Waals surface area contributed by atoms with E-state index in [0.717, 1.165) is 64.2 Å². The minimum absolute atomic E-state index is 0.0134. The lowest BCUT2D eigenvalue weighted by atomic mass is 9.47. The fourth-order valence-corrected chi connectivity index (χ4v) is 10.2. The number of ketones is 2. The maximum atomic E-state index is 13.2. The van der Waals surface area contributed by atoms with Crippen LogP contribution >= 0.6 is 0 Å². The molecule has 0 spiro atoms. The highest BCUT2D eigenvalue weighted by Gasteiger charge is 2.63. The molecule has 4 saturated carbocycles. The molecule has 4 heteroatoms. The summed E-state index contributed by atoms with van der Waals surface area (Å²) in [5, 5.41) is 0. The predicted molar refractivity (Wildman–Crippen MR) is 147 cm³/mol. The molecule has 0 amide bonds. The second-order valence-electron chi connectivity index (χ2n) is 13.7. The van der Waals surface area contributed by atoms with E-state index in [1.165, 1.54) is 5.57 Å². The van der Waals surface area contributed by atoms with Gasteiger partial charge in [0.2, 0.25) is 0 Å². The van der Waals surface area contributed by atoms with Crippen molar-refractivity contribution >= 4 is 17.5 Å². The zero-order valence-corrected chi connectivity index (χ0v) is 23.4. The largest absolute Gasteiger partial charge is 0.458 e. The van der Waals surface area contributed by atoms with Gasteiger partial charge in [-0.2, -0.15) is 0 Å². The van der Waals surface area contributed by atoms with E-state index in [1.54, 1.807) is 6.92 Å². The normalized spacial score (nSPS) is 42.3. The van der Waals surface area contributed by atoms with Gasteiger partial charge in [0.05, 0.1) is 5.56 Å². The van der Waals surface area contributed by atoms with Gasteiger partial charge in [0.15, 0.2) is 0 Å². The van der Waals surface area contributed by atoms with Crippen molar-refractivity contribution in [1.29, 1.82) is 0 Å². The average Bonchev–Trinajstić information content (AvgIpc) is 3.23. The Bertz CT molecular complexity index is 1140. The molecule has 38 heavy (non-hydrogen) atoms. The molecule has 1 aromatic rings. The molecule has 5 aliphatic carbocycles. The third-order valence-corrected chi connectivity index (χ3v) is 12.0. The highest BCUT2D eigenvalue weighted by atomic mass is 16.5. The Labute approximate surface area is 228 Å². The van der Waals surface area contributed by atoms with E-state index in [2.05, 4.69) is 19.9 Å². The van der Waals surface area contributed by atoms with Gasteiger partial charge in [-0.25, -0.2) is 4.79 Å². The summed E-state index contributed by atoms with van der Waals surface area (Å²) < 4.78 is 5.98. The molecule has 4 nitrogen and oxygen atoms in total. The first-order chi connectivity index (χ1) is 18.2. The van der Waals surface area contributed by atoms with E-state index in [4.69, 9.17) is 4.74 Å². The Balaban J connectivity index is 1.22. The molecule has 0 radical (unpaired) electrons. The van der Waals surface area contributed by atoms with E-state index >= 15 is 0 Å². The van der Waals surface area contributed by atoms with Crippen LogP contribution in [-0.4, -0.2) is 23.6 Å². The Hall–Kier alpha value is -2.23. The van der Waals surface area contributed by atoms with Crippen LogP contribution in [0.5, 0.6) is 0 Å². The Kier molecular flexibility index (Phi) is 6.68. The monoisotopic (exact) mass is 516 g/mol. The number of carbonyl (C=O) groups is 3. The topological polar surface area (TPSA) is 60.4 Å². The van der Waals surface area contributed by atoms with Crippen molar-refractivity contribution in [1.82, 2.24) is 0 Å². The number of allylic oxidation sites excluding steroid dienone is 1. The quantitative estimate of drug-likeness (QED) is 0.310. The SMILES string of the molecule is CC(=O)[C@H]1[C@H](C2CCCCC2=O)C[C@H]2[C@@H]3CC=C4C[C@@H](OC(=O)c5ccccc5)CC[C@]4(C)[C@H]3CC[C@@]21C. The number of hydrogen-bond donors (Lipinski definition) is 0. The highest BCUT2D eigenvalue weighted by Crippen LogP contribution is 2.68. The second-order valence-corrected chi connectivity index (χ2v) is 13.7. The predicted octanol–water partition coefficient (Wildman–Crippen LogP) is 7.37.